The summed E-state index contributed by atoms with van der Waals surface area (Å²) in [4.78, 5) is 10.7. The largest absolute Gasteiger partial charge is 0.475 e. The summed E-state index contributed by atoms with van der Waals surface area (Å²) in [7, 11) is -4.07. The molecule has 0 aliphatic heterocycles. The van der Waals surface area contributed by atoms with Gasteiger partial charge in [-0.05, 0) is 17.7 Å². The lowest BCUT2D eigenvalue weighted by Gasteiger charge is -2.15. The SMILES string of the molecule is O=C(O)c1ccc(S(=O)(=O)NC(CO)c2ccccc2)o1. The fourth-order valence-electron chi connectivity index (χ4n) is 1.72. The smallest absolute Gasteiger partial charge is 0.371 e. The van der Waals surface area contributed by atoms with Gasteiger partial charge in [-0.15, -0.1) is 0 Å². The zero-order chi connectivity index (χ0) is 15.5. The number of sulfonamides is 1. The van der Waals surface area contributed by atoms with Crippen LogP contribution in [-0.2, 0) is 10.0 Å². The molecular weight excluding hydrogens is 298 g/mol. The van der Waals surface area contributed by atoms with Crippen LogP contribution in [0.2, 0.25) is 0 Å². The molecule has 0 fully saturated rings. The molecule has 0 aliphatic rings. The zero-order valence-electron chi connectivity index (χ0n) is 10.8. The van der Waals surface area contributed by atoms with Crippen molar-refractivity contribution in [3.63, 3.8) is 0 Å². The summed E-state index contributed by atoms with van der Waals surface area (Å²) < 4.78 is 31.2. The van der Waals surface area contributed by atoms with E-state index in [1.54, 1.807) is 30.3 Å². The number of benzene rings is 1. The lowest BCUT2D eigenvalue weighted by Crippen LogP contribution is -2.30. The maximum atomic E-state index is 12.1. The van der Waals surface area contributed by atoms with Crippen molar-refractivity contribution in [3.05, 3.63) is 53.8 Å². The number of carbonyl (C=O) groups is 1. The number of furan rings is 1. The van der Waals surface area contributed by atoms with Gasteiger partial charge in [0.1, 0.15) is 0 Å². The van der Waals surface area contributed by atoms with Crippen LogP contribution in [0.5, 0.6) is 0 Å². The highest BCUT2D eigenvalue weighted by Gasteiger charge is 2.25. The Balaban J connectivity index is 2.25. The minimum Gasteiger partial charge on any atom is -0.475 e. The summed E-state index contributed by atoms with van der Waals surface area (Å²) in [5, 5.41) is 17.5. The van der Waals surface area contributed by atoms with Gasteiger partial charge in [-0.25, -0.2) is 13.2 Å². The molecule has 2 rings (SSSR count). The van der Waals surface area contributed by atoms with Crippen LogP contribution in [0.1, 0.15) is 22.2 Å². The molecule has 1 unspecified atom stereocenters. The fraction of sp³-hybridized carbons (Fsp3) is 0.154. The van der Waals surface area contributed by atoms with Crippen molar-refractivity contribution in [2.24, 2.45) is 0 Å². The quantitative estimate of drug-likeness (QED) is 0.732. The second-order valence-electron chi connectivity index (χ2n) is 4.19. The van der Waals surface area contributed by atoms with E-state index in [1.165, 1.54) is 0 Å². The Morgan fingerprint density at radius 3 is 2.38 bits per heavy atom. The first-order valence-corrected chi connectivity index (χ1v) is 7.43. The Kier molecular flexibility index (Phi) is 4.41. The molecule has 1 atom stereocenters. The first-order valence-electron chi connectivity index (χ1n) is 5.95. The molecule has 0 aliphatic carbocycles. The molecule has 1 heterocycles. The van der Waals surface area contributed by atoms with Gasteiger partial charge in [0, 0.05) is 0 Å². The molecule has 2 aromatic rings. The van der Waals surface area contributed by atoms with Crippen molar-refractivity contribution in [1.82, 2.24) is 4.72 Å². The maximum absolute atomic E-state index is 12.1. The van der Waals surface area contributed by atoms with Crippen LogP contribution in [0, 0.1) is 0 Å². The predicted octanol–water partition coefficient (Wildman–Crippen LogP) is 0.990. The Labute approximate surface area is 120 Å². The molecule has 0 radical (unpaired) electrons. The van der Waals surface area contributed by atoms with Crippen LogP contribution >= 0.6 is 0 Å². The normalized spacial score (nSPS) is 13.0. The summed E-state index contributed by atoms with van der Waals surface area (Å²) in [5.74, 6) is -1.84. The van der Waals surface area contributed by atoms with Gasteiger partial charge in [0.05, 0.1) is 12.6 Å². The number of nitrogens with one attached hydrogen (secondary N) is 1. The Morgan fingerprint density at radius 2 is 1.86 bits per heavy atom. The monoisotopic (exact) mass is 311 g/mol. The van der Waals surface area contributed by atoms with Gasteiger partial charge >= 0.3 is 5.97 Å². The molecule has 1 aromatic carbocycles. The van der Waals surface area contributed by atoms with Gasteiger partial charge in [0.2, 0.25) is 10.9 Å². The Hall–Kier alpha value is -2.16. The number of hydrogen-bond acceptors (Lipinski definition) is 5. The summed E-state index contributed by atoms with van der Waals surface area (Å²) in [6.45, 7) is -0.449. The lowest BCUT2D eigenvalue weighted by molar-refractivity contribution is 0.0656. The molecule has 21 heavy (non-hydrogen) atoms. The molecule has 0 saturated carbocycles. The zero-order valence-corrected chi connectivity index (χ0v) is 11.6. The van der Waals surface area contributed by atoms with Crippen LogP contribution in [-0.4, -0.2) is 31.2 Å². The van der Waals surface area contributed by atoms with Gasteiger partial charge in [0.15, 0.2) is 0 Å². The van der Waals surface area contributed by atoms with E-state index < -0.39 is 39.5 Å². The van der Waals surface area contributed by atoms with Crippen molar-refractivity contribution in [3.8, 4) is 0 Å². The number of carboxylic acids is 1. The van der Waals surface area contributed by atoms with E-state index in [0.717, 1.165) is 12.1 Å². The van der Waals surface area contributed by atoms with Crippen LogP contribution in [0.3, 0.4) is 0 Å². The second kappa shape index (κ2) is 6.08. The van der Waals surface area contributed by atoms with Gasteiger partial charge in [-0.2, -0.15) is 4.72 Å². The topological polar surface area (TPSA) is 117 Å². The molecule has 112 valence electrons. The highest BCUT2D eigenvalue weighted by Crippen LogP contribution is 2.18. The number of hydrogen-bond donors (Lipinski definition) is 3. The predicted molar refractivity (Wildman–Crippen MR) is 72.3 cm³/mol. The molecule has 1 aromatic heterocycles. The summed E-state index contributed by atoms with van der Waals surface area (Å²) in [6.07, 6.45) is 0. The standard InChI is InChI=1S/C13H13NO6S/c15-8-10(9-4-2-1-3-5-9)14-21(18,19)12-7-6-11(20-12)13(16)17/h1-7,10,14-15H,8H2,(H,16,17). The fourth-order valence-corrected chi connectivity index (χ4v) is 2.87. The van der Waals surface area contributed by atoms with Gasteiger partial charge in [-0.1, -0.05) is 30.3 Å². The van der Waals surface area contributed by atoms with E-state index in [0.29, 0.717) is 5.56 Å². The van der Waals surface area contributed by atoms with E-state index >= 15 is 0 Å². The summed E-state index contributed by atoms with van der Waals surface area (Å²) in [6, 6.07) is 9.75. The first kappa shape index (κ1) is 15.2. The number of rotatable bonds is 6. The van der Waals surface area contributed by atoms with Crippen LogP contribution in [0.15, 0.2) is 52.0 Å². The van der Waals surface area contributed by atoms with Crippen molar-refractivity contribution < 1.29 is 27.8 Å². The first-order chi connectivity index (χ1) is 9.94. The van der Waals surface area contributed by atoms with Crippen molar-refractivity contribution in [2.45, 2.75) is 11.1 Å². The minimum absolute atomic E-state index is 0.449. The van der Waals surface area contributed by atoms with Crippen molar-refractivity contribution in [2.75, 3.05) is 6.61 Å². The highest BCUT2D eigenvalue weighted by molar-refractivity contribution is 7.89. The number of aliphatic hydroxyl groups is 1. The Morgan fingerprint density at radius 1 is 1.19 bits per heavy atom. The highest BCUT2D eigenvalue weighted by atomic mass is 32.2. The van der Waals surface area contributed by atoms with E-state index in [1.807, 2.05) is 0 Å². The number of aliphatic hydroxyl groups excluding tert-OH is 1. The summed E-state index contributed by atoms with van der Waals surface area (Å²) >= 11 is 0. The van der Waals surface area contributed by atoms with Crippen LogP contribution < -0.4 is 4.72 Å². The third-order valence-corrected chi connectivity index (χ3v) is 4.08. The average molecular weight is 311 g/mol. The number of carboxylic acid groups (broad SMARTS) is 1. The van der Waals surface area contributed by atoms with Gasteiger partial charge < -0.3 is 14.6 Å². The average Bonchev–Trinajstić information content (AvgIpc) is 2.96. The third-order valence-electron chi connectivity index (χ3n) is 2.74. The molecule has 8 heteroatoms. The Bertz CT molecular complexity index is 722. The maximum Gasteiger partial charge on any atom is 0.371 e. The van der Waals surface area contributed by atoms with E-state index in [9.17, 15) is 18.3 Å². The van der Waals surface area contributed by atoms with Crippen molar-refractivity contribution in [1.29, 1.82) is 0 Å². The molecule has 3 N–H and O–H groups in total. The molecule has 0 spiro atoms. The van der Waals surface area contributed by atoms with Crippen molar-refractivity contribution >= 4 is 16.0 Å². The molecule has 7 nitrogen and oxygen atoms in total. The number of aromatic carboxylic acids is 1. The van der Waals surface area contributed by atoms with E-state index in [-0.39, 0.29) is 0 Å². The van der Waals surface area contributed by atoms with Gasteiger partial charge in [0.25, 0.3) is 10.0 Å². The lowest BCUT2D eigenvalue weighted by atomic mass is 10.1. The third kappa shape index (κ3) is 3.48. The molecule has 0 saturated heterocycles. The van der Waals surface area contributed by atoms with Gasteiger partial charge in [-0.3, -0.25) is 0 Å². The van der Waals surface area contributed by atoms with E-state index in [4.69, 9.17) is 9.52 Å². The summed E-state index contributed by atoms with van der Waals surface area (Å²) in [5.41, 5.74) is 0.577. The minimum atomic E-state index is -4.07. The van der Waals surface area contributed by atoms with E-state index in [2.05, 4.69) is 4.72 Å². The molecule has 0 bridgehead atoms. The van der Waals surface area contributed by atoms with Crippen LogP contribution in [0.25, 0.3) is 0 Å². The molecule has 0 amide bonds. The molecular formula is C13H13NO6S. The second-order valence-corrected chi connectivity index (χ2v) is 5.84. The van der Waals surface area contributed by atoms with Crippen LogP contribution in [0.4, 0.5) is 0 Å².